The average Bonchev–Trinajstić information content (AvgIpc) is 2.32. The maximum absolute atomic E-state index is 13.0. The molecule has 0 heterocycles. The van der Waals surface area contributed by atoms with E-state index in [1.54, 1.807) is 18.2 Å². The maximum atomic E-state index is 13.0. The molecule has 1 aliphatic carbocycles. The number of rotatable bonds is 2. The quantitative estimate of drug-likeness (QED) is 0.808. The standard InChI is InChI=1S/C14H18F2N2O/c1-9-8-11(17)2-3-12(9)18-13(19)10-4-6-14(15,16)7-5-10/h2-3,8,10H,4-7,17H2,1H3,(H,18,19). The maximum Gasteiger partial charge on any atom is 0.248 e. The second-order valence-corrected chi connectivity index (χ2v) is 5.19. The smallest absolute Gasteiger partial charge is 0.248 e. The molecule has 1 aromatic rings. The minimum atomic E-state index is -2.60. The number of benzene rings is 1. The molecule has 0 spiro atoms. The van der Waals surface area contributed by atoms with E-state index in [0.717, 1.165) is 5.56 Å². The molecule has 3 nitrogen and oxygen atoms in total. The molecule has 0 aromatic heterocycles. The fourth-order valence-electron chi connectivity index (χ4n) is 2.36. The van der Waals surface area contributed by atoms with Crippen molar-refractivity contribution < 1.29 is 13.6 Å². The summed E-state index contributed by atoms with van der Waals surface area (Å²) in [4.78, 5) is 12.0. The van der Waals surface area contributed by atoms with Gasteiger partial charge in [0.2, 0.25) is 11.8 Å². The summed E-state index contributed by atoms with van der Waals surface area (Å²) in [5, 5.41) is 2.80. The van der Waals surface area contributed by atoms with E-state index in [1.807, 2.05) is 6.92 Å². The van der Waals surface area contributed by atoms with Crippen LogP contribution in [0.5, 0.6) is 0 Å². The Bertz CT molecular complexity index is 478. The van der Waals surface area contributed by atoms with Crippen molar-refractivity contribution in [3.63, 3.8) is 0 Å². The minimum Gasteiger partial charge on any atom is -0.399 e. The Morgan fingerprint density at radius 1 is 1.37 bits per heavy atom. The lowest BCUT2D eigenvalue weighted by molar-refractivity contribution is -0.124. The predicted octanol–water partition coefficient (Wildman–Crippen LogP) is 3.34. The van der Waals surface area contributed by atoms with E-state index < -0.39 is 5.92 Å². The Kier molecular flexibility index (Phi) is 3.73. The highest BCUT2D eigenvalue weighted by molar-refractivity contribution is 5.93. The van der Waals surface area contributed by atoms with Gasteiger partial charge in [-0.2, -0.15) is 0 Å². The van der Waals surface area contributed by atoms with Crippen LogP contribution >= 0.6 is 0 Å². The van der Waals surface area contributed by atoms with Crippen LogP contribution in [0.25, 0.3) is 0 Å². The zero-order chi connectivity index (χ0) is 14.0. The predicted molar refractivity (Wildman–Crippen MR) is 71.1 cm³/mol. The summed E-state index contributed by atoms with van der Waals surface area (Å²) in [5.74, 6) is -3.10. The second-order valence-electron chi connectivity index (χ2n) is 5.19. The molecule has 1 aromatic carbocycles. The lowest BCUT2D eigenvalue weighted by atomic mass is 9.86. The lowest BCUT2D eigenvalue weighted by Crippen LogP contribution is -2.31. The molecule has 3 N–H and O–H groups in total. The number of hydrogen-bond acceptors (Lipinski definition) is 2. The van der Waals surface area contributed by atoms with Gasteiger partial charge < -0.3 is 11.1 Å². The van der Waals surface area contributed by atoms with Crippen LogP contribution in [0.3, 0.4) is 0 Å². The summed E-state index contributed by atoms with van der Waals surface area (Å²) in [5.41, 5.74) is 7.83. The third kappa shape index (κ3) is 3.43. The number of amides is 1. The van der Waals surface area contributed by atoms with Gasteiger partial charge in [-0.05, 0) is 43.5 Å². The van der Waals surface area contributed by atoms with Crippen LogP contribution in [0.2, 0.25) is 0 Å². The number of nitrogens with two attached hydrogens (primary N) is 1. The van der Waals surface area contributed by atoms with Crippen molar-refractivity contribution in [1.29, 1.82) is 0 Å². The highest BCUT2D eigenvalue weighted by Crippen LogP contribution is 2.36. The number of nitrogens with one attached hydrogen (secondary N) is 1. The Balaban J connectivity index is 1.98. The van der Waals surface area contributed by atoms with E-state index in [1.165, 1.54) is 0 Å². The van der Waals surface area contributed by atoms with E-state index >= 15 is 0 Å². The normalized spacial score (nSPS) is 19.1. The molecule has 1 aliphatic rings. The monoisotopic (exact) mass is 268 g/mol. The van der Waals surface area contributed by atoms with Crippen LogP contribution < -0.4 is 11.1 Å². The molecule has 19 heavy (non-hydrogen) atoms. The Labute approximate surface area is 111 Å². The third-order valence-corrected chi connectivity index (χ3v) is 3.60. The number of anilines is 2. The second kappa shape index (κ2) is 5.15. The largest absolute Gasteiger partial charge is 0.399 e. The molecular weight excluding hydrogens is 250 g/mol. The number of halogens is 2. The molecule has 1 fully saturated rings. The zero-order valence-corrected chi connectivity index (χ0v) is 10.9. The molecule has 104 valence electrons. The van der Waals surface area contributed by atoms with Crippen molar-refractivity contribution in [2.75, 3.05) is 11.1 Å². The first-order valence-electron chi connectivity index (χ1n) is 6.42. The Morgan fingerprint density at radius 2 is 2.00 bits per heavy atom. The Hall–Kier alpha value is -1.65. The average molecular weight is 268 g/mol. The molecule has 0 saturated heterocycles. The number of nitrogen functional groups attached to an aromatic ring is 1. The molecule has 1 saturated carbocycles. The molecule has 0 radical (unpaired) electrons. The summed E-state index contributed by atoms with van der Waals surface area (Å²) in [6.07, 6.45) is 0.0807. The topological polar surface area (TPSA) is 55.1 Å². The molecule has 0 aliphatic heterocycles. The fraction of sp³-hybridized carbons (Fsp3) is 0.500. The van der Waals surface area contributed by atoms with Gasteiger partial charge in [0.05, 0.1) is 0 Å². The number of alkyl halides is 2. The van der Waals surface area contributed by atoms with Gasteiger partial charge in [0, 0.05) is 30.1 Å². The zero-order valence-electron chi connectivity index (χ0n) is 10.9. The van der Waals surface area contributed by atoms with Gasteiger partial charge in [0.1, 0.15) is 0 Å². The van der Waals surface area contributed by atoms with Crippen LogP contribution in [-0.4, -0.2) is 11.8 Å². The van der Waals surface area contributed by atoms with Gasteiger partial charge in [-0.3, -0.25) is 4.79 Å². The van der Waals surface area contributed by atoms with Gasteiger partial charge in [0.15, 0.2) is 0 Å². The van der Waals surface area contributed by atoms with E-state index in [-0.39, 0.29) is 37.5 Å². The van der Waals surface area contributed by atoms with E-state index in [4.69, 9.17) is 5.73 Å². The van der Waals surface area contributed by atoms with Gasteiger partial charge in [-0.1, -0.05) is 0 Å². The summed E-state index contributed by atoms with van der Waals surface area (Å²) in [6, 6.07) is 5.21. The summed E-state index contributed by atoms with van der Waals surface area (Å²) < 4.78 is 26.1. The minimum absolute atomic E-state index is 0.177. The van der Waals surface area contributed by atoms with Crippen LogP contribution in [0, 0.1) is 12.8 Å². The van der Waals surface area contributed by atoms with Crippen molar-refractivity contribution in [1.82, 2.24) is 0 Å². The van der Waals surface area contributed by atoms with Crippen molar-refractivity contribution >= 4 is 17.3 Å². The van der Waals surface area contributed by atoms with Crippen LogP contribution in [0.1, 0.15) is 31.2 Å². The first-order valence-corrected chi connectivity index (χ1v) is 6.42. The van der Waals surface area contributed by atoms with E-state index in [0.29, 0.717) is 11.4 Å². The highest BCUT2D eigenvalue weighted by Gasteiger charge is 2.37. The lowest BCUT2D eigenvalue weighted by Gasteiger charge is -2.27. The molecule has 1 amide bonds. The number of aryl methyl sites for hydroxylation is 1. The first kappa shape index (κ1) is 13.8. The van der Waals surface area contributed by atoms with Gasteiger partial charge in [0.25, 0.3) is 0 Å². The summed E-state index contributed by atoms with van der Waals surface area (Å²) >= 11 is 0. The van der Waals surface area contributed by atoms with Gasteiger partial charge in [-0.25, -0.2) is 8.78 Å². The van der Waals surface area contributed by atoms with Crippen molar-refractivity contribution in [2.24, 2.45) is 5.92 Å². The van der Waals surface area contributed by atoms with E-state index in [2.05, 4.69) is 5.32 Å². The SMILES string of the molecule is Cc1cc(N)ccc1NC(=O)C1CCC(F)(F)CC1. The number of carbonyl (C=O) groups is 1. The summed E-state index contributed by atoms with van der Waals surface area (Å²) in [6.45, 7) is 1.85. The van der Waals surface area contributed by atoms with Gasteiger partial charge >= 0.3 is 0 Å². The van der Waals surface area contributed by atoms with Crippen LogP contribution in [-0.2, 0) is 4.79 Å². The van der Waals surface area contributed by atoms with Crippen LogP contribution in [0.4, 0.5) is 20.2 Å². The molecule has 5 heteroatoms. The van der Waals surface area contributed by atoms with E-state index in [9.17, 15) is 13.6 Å². The molecule has 0 unspecified atom stereocenters. The summed E-state index contributed by atoms with van der Waals surface area (Å²) in [7, 11) is 0. The first-order chi connectivity index (χ1) is 8.87. The van der Waals surface area contributed by atoms with Crippen LogP contribution in [0.15, 0.2) is 18.2 Å². The molecular formula is C14H18F2N2O. The van der Waals surface area contributed by atoms with Crippen molar-refractivity contribution in [3.05, 3.63) is 23.8 Å². The number of carbonyl (C=O) groups excluding carboxylic acids is 1. The Morgan fingerprint density at radius 3 is 2.58 bits per heavy atom. The third-order valence-electron chi connectivity index (χ3n) is 3.60. The van der Waals surface area contributed by atoms with Gasteiger partial charge in [-0.15, -0.1) is 0 Å². The molecule has 0 atom stereocenters. The molecule has 2 rings (SSSR count). The highest BCUT2D eigenvalue weighted by atomic mass is 19.3. The van der Waals surface area contributed by atoms with Crippen molar-refractivity contribution in [2.45, 2.75) is 38.5 Å². The van der Waals surface area contributed by atoms with Crippen molar-refractivity contribution in [3.8, 4) is 0 Å². The molecule has 0 bridgehead atoms. The fourth-order valence-corrected chi connectivity index (χ4v) is 2.36. The number of hydrogen-bond donors (Lipinski definition) is 2.